The molecule has 138 valence electrons. The molecule has 2 aromatic rings. The Balaban J connectivity index is 1.65. The number of aliphatic hydroxyl groups is 1. The van der Waals surface area contributed by atoms with Crippen molar-refractivity contribution in [3.8, 4) is 0 Å². The van der Waals surface area contributed by atoms with Crippen molar-refractivity contribution in [2.45, 2.75) is 24.8 Å². The molecule has 1 aliphatic rings. The summed E-state index contributed by atoms with van der Waals surface area (Å²) in [6, 6.07) is 16.3. The summed E-state index contributed by atoms with van der Waals surface area (Å²) in [5.41, 5.74) is 3.27. The molecule has 5 heteroatoms. The van der Waals surface area contributed by atoms with E-state index < -0.39 is 0 Å². The fourth-order valence-corrected chi connectivity index (χ4v) is 4.07. The SMILES string of the molecule is Cc1ccccc1N1CCN(C(=O)c2ccc(SCCO)cc2)[C@H](C)C1. The van der Waals surface area contributed by atoms with Crippen LogP contribution >= 0.6 is 11.8 Å². The Morgan fingerprint density at radius 3 is 2.54 bits per heavy atom. The largest absolute Gasteiger partial charge is 0.396 e. The number of carbonyl (C=O) groups is 1. The molecular formula is C21H26N2O2S. The number of benzene rings is 2. The van der Waals surface area contributed by atoms with Gasteiger partial charge in [-0.3, -0.25) is 4.79 Å². The molecule has 3 rings (SSSR count). The van der Waals surface area contributed by atoms with Crippen molar-refractivity contribution in [2.75, 3.05) is 36.9 Å². The van der Waals surface area contributed by atoms with Gasteiger partial charge in [-0.15, -0.1) is 11.8 Å². The first-order valence-corrected chi connectivity index (χ1v) is 10.0. The van der Waals surface area contributed by atoms with Gasteiger partial charge in [0.15, 0.2) is 0 Å². The summed E-state index contributed by atoms with van der Waals surface area (Å²) < 4.78 is 0. The second-order valence-electron chi connectivity index (χ2n) is 6.68. The fraction of sp³-hybridized carbons (Fsp3) is 0.381. The van der Waals surface area contributed by atoms with Gasteiger partial charge in [0.25, 0.3) is 5.91 Å². The molecule has 26 heavy (non-hydrogen) atoms. The zero-order valence-corrected chi connectivity index (χ0v) is 16.2. The van der Waals surface area contributed by atoms with E-state index in [1.165, 1.54) is 11.3 Å². The molecule has 2 aromatic carbocycles. The van der Waals surface area contributed by atoms with Gasteiger partial charge in [0, 0.05) is 47.6 Å². The van der Waals surface area contributed by atoms with Gasteiger partial charge in [0.1, 0.15) is 0 Å². The molecule has 1 fully saturated rings. The standard InChI is InChI=1S/C21H26N2O2S/c1-16-5-3-4-6-20(16)22-11-12-23(17(2)15-22)21(25)18-7-9-19(10-8-18)26-14-13-24/h3-10,17,24H,11-15H2,1-2H3/t17-/m1/s1. The molecule has 1 atom stereocenters. The van der Waals surface area contributed by atoms with Gasteiger partial charge < -0.3 is 14.9 Å². The highest BCUT2D eigenvalue weighted by atomic mass is 32.2. The molecule has 0 aliphatic carbocycles. The lowest BCUT2D eigenvalue weighted by molar-refractivity contribution is 0.0674. The Kier molecular flexibility index (Phi) is 6.22. The third-order valence-corrected chi connectivity index (χ3v) is 5.80. The van der Waals surface area contributed by atoms with Crippen LogP contribution in [0.1, 0.15) is 22.8 Å². The van der Waals surface area contributed by atoms with E-state index in [4.69, 9.17) is 5.11 Å². The van der Waals surface area contributed by atoms with Crippen LogP contribution in [-0.4, -0.2) is 53.9 Å². The number of rotatable bonds is 5. The van der Waals surface area contributed by atoms with Gasteiger partial charge in [-0.25, -0.2) is 0 Å². The number of para-hydroxylation sites is 1. The van der Waals surface area contributed by atoms with E-state index >= 15 is 0 Å². The molecule has 1 saturated heterocycles. The number of hydrogen-bond donors (Lipinski definition) is 1. The predicted molar refractivity (Wildman–Crippen MR) is 108 cm³/mol. The van der Waals surface area contributed by atoms with Crippen molar-refractivity contribution in [3.63, 3.8) is 0 Å². The van der Waals surface area contributed by atoms with Crippen LogP contribution in [0.25, 0.3) is 0 Å². The van der Waals surface area contributed by atoms with Crippen molar-refractivity contribution in [2.24, 2.45) is 0 Å². The molecule has 0 aromatic heterocycles. The highest BCUT2D eigenvalue weighted by molar-refractivity contribution is 7.99. The number of carbonyl (C=O) groups excluding carboxylic acids is 1. The molecule has 0 unspecified atom stereocenters. The Morgan fingerprint density at radius 1 is 1.15 bits per heavy atom. The van der Waals surface area contributed by atoms with Gasteiger partial charge >= 0.3 is 0 Å². The first-order chi connectivity index (χ1) is 12.6. The van der Waals surface area contributed by atoms with E-state index in [2.05, 4.69) is 43.0 Å². The minimum atomic E-state index is 0.0978. The number of nitrogens with zero attached hydrogens (tertiary/aromatic N) is 2. The van der Waals surface area contributed by atoms with Crippen LogP contribution in [0, 0.1) is 6.92 Å². The summed E-state index contributed by atoms with van der Waals surface area (Å²) in [4.78, 5) is 18.3. The number of aliphatic hydroxyl groups excluding tert-OH is 1. The van der Waals surface area contributed by atoms with Gasteiger partial charge in [-0.1, -0.05) is 18.2 Å². The summed E-state index contributed by atoms with van der Waals surface area (Å²) in [7, 11) is 0. The lowest BCUT2D eigenvalue weighted by Gasteiger charge is -2.41. The zero-order valence-electron chi connectivity index (χ0n) is 15.4. The van der Waals surface area contributed by atoms with Crippen molar-refractivity contribution < 1.29 is 9.90 Å². The van der Waals surface area contributed by atoms with Gasteiger partial charge in [-0.05, 0) is 49.7 Å². The molecule has 0 spiro atoms. The molecule has 1 N–H and O–H groups in total. The summed E-state index contributed by atoms with van der Waals surface area (Å²) in [5.74, 6) is 0.770. The maximum absolute atomic E-state index is 12.9. The van der Waals surface area contributed by atoms with E-state index in [9.17, 15) is 4.79 Å². The number of hydrogen-bond acceptors (Lipinski definition) is 4. The van der Waals surface area contributed by atoms with Crippen LogP contribution in [0.5, 0.6) is 0 Å². The van der Waals surface area contributed by atoms with Crippen molar-refractivity contribution >= 4 is 23.4 Å². The second kappa shape index (κ2) is 8.60. The van der Waals surface area contributed by atoms with E-state index in [1.54, 1.807) is 11.8 Å². The Labute approximate surface area is 159 Å². The Bertz CT molecular complexity index is 748. The summed E-state index contributed by atoms with van der Waals surface area (Å²) in [6.45, 7) is 6.84. The van der Waals surface area contributed by atoms with Crippen LogP contribution < -0.4 is 4.90 Å². The summed E-state index contributed by atoms with van der Waals surface area (Å²) in [6.07, 6.45) is 0. The van der Waals surface area contributed by atoms with Crippen molar-refractivity contribution in [3.05, 3.63) is 59.7 Å². The van der Waals surface area contributed by atoms with Crippen LogP contribution in [0.2, 0.25) is 0 Å². The van der Waals surface area contributed by atoms with Crippen molar-refractivity contribution in [1.82, 2.24) is 4.90 Å². The quantitative estimate of drug-likeness (QED) is 0.819. The van der Waals surface area contributed by atoms with Gasteiger partial charge in [-0.2, -0.15) is 0 Å². The topological polar surface area (TPSA) is 43.8 Å². The third kappa shape index (κ3) is 4.22. The molecule has 0 radical (unpaired) electrons. The van der Waals surface area contributed by atoms with E-state index in [1.807, 2.05) is 29.2 Å². The van der Waals surface area contributed by atoms with Crippen LogP contribution in [0.4, 0.5) is 5.69 Å². The average molecular weight is 371 g/mol. The van der Waals surface area contributed by atoms with E-state index in [0.29, 0.717) is 5.75 Å². The van der Waals surface area contributed by atoms with Crippen LogP contribution in [0.15, 0.2) is 53.4 Å². The van der Waals surface area contributed by atoms with Crippen LogP contribution in [-0.2, 0) is 0 Å². The second-order valence-corrected chi connectivity index (χ2v) is 7.84. The maximum atomic E-state index is 12.9. The lowest BCUT2D eigenvalue weighted by Crippen LogP contribution is -2.54. The normalized spacial score (nSPS) is 17.4. The Hall–Kier alpha value is -1.98. The van der Waals surface area contributed by atoms with E-state index in [-0.39, 0.29) is 18.6 Å². The third-order valence-electron chi connectivity index (χ3n) is 4.81. The fourth-order valence-electron chi connectivity index (χ4n) is 3.42. The van der Waals surface area contributed by atoms with Gasteiger partial charge in [0.2, 0.25) is 0 Å². The van der Waals surface area contributed by atoms with Gasteiger partial charge in [0.05, 0.1) is 6.61 Å². The molecule has 1 heterocycles. The molecule has 0 bridgehead atoms. The number of anilines is 1. The smallest absolute Gasteiger partial charge is 0.254 e. The molecule has 0 saturated carbocycles. The molecule has 1 amide bonds. The minimum Gasteiger partial charge on any atom is -0.396 e. The molecule has 4 nitrogen and oxygen atoms in total. The monoisotopic (exact) mass is 370 g/mol. The number of aryl methyl sites for hydroxylation is 1. The predicted octanol–water partition coefficient (Wildman–Crippen LogP) is 3.43. The Morgan fingerprint density at radius 2 is 1.88 bits per heavy atom. The van der Waals surface area contributed by atoms with Crippen LogP contribution in [0.3, 0.4) is 0 Å². The lowest BCUT2D eigenvalue weighted by atomic mass is 10.1. The summed E-state index contributed by atoms with van der Waals surface area (Å²) >= 11 is 1.59. The highest BCUT2D eigenvalue weighted by Crippen LogP contribution is 2.24. The van der Waals surface area contributed by atoms with Crippen molar-refractivity contribution in [1.29, 1.82) is 0 Å². The summed E-state index contributed by atoms with van der Waals surface area (Å²) in [5, 5.41) is 8.91. The number of amides is 1. The van der Waals surface area contributed by atoms with E-state index in [0.717, 1.165) is 30.1 Å². The first-order valence-electron chi connectivity index (χ1n) is 9.05. The number of thioether (sulfide) groups is 1. The maximum Gasteiger partial charge on any atom is 0.254 e. The molecular weight excluding hydrogens is 344 g/mol. The zero-order chi connectivity index (χ0) is 18.5. The molecule has 1 aliphatic heterocycles. The number of piperazine rings is 1. The highest BCUT2D eigenvalue weighted by Gasteiger charge is 2.28. The minimum absolute atomic E-state index is 0.0978. The average Bonchev–Trinajstić information content (AvgIpc) is 2.66. The first kappa shape index (κ1) is 18.8.